The van der Waals surface area contributed by atoms with E-state index in [9.17, 15) is 27.2 Å². The third-order valence-corrected chi connectivity index (χ3v) is 6.53. The Morgan fingerprint density at radius 2 is 1.80 bits per heavy atom. The van der Waals surface area contributed by atoms with Crippen LogP contribution >= 0.6 is 0 Å². The largest absolute Gasteiger partial charge is 0.418 e. The van der Waals surface area contributed by atoms with E-state index in [0.717, 1.165) is 23.5 Å². The van der Waals surface area contributed by atoms with E-state index in [4.69, 9.17) is 0 Å². The third kappa shape index (κ3) is 6.22. The molecule has 2 aromatic carbocycles. The van der Waals surface area contributed by atoms with Gasteiger partial charge in [0.15, 0.2) is 0 Å². The summed E-state index contributed by atoms with van der Waals surface area (Å²) in [5.74, 6) is -2.25. The molecule has 1 aliphatic heterocycles. The number of nitrogens with zero attached hydrogens (tertiary/aromatic N) is 2. The number of halogens is 4. The third-order valence-electron chi connectivity index (χ3n) is 6.53. The van der Waals surface area contributed by atoms with Gasteiger partial charge in [-0.3, -0.25) is 14.6 Å². The summed E-state index contributed by atoms with van der Waals surface area (Å²) >= 11 is 0. The van der Waals surface area contributed by atoms with Gasteiger partial charge in [0.2, 0.25) is 0 Å². The summed E-state index contributed by atoms with van der Waals surface area (Å²) in [4.78, 5) is 32.7. The van der Waals surface area contributed by atoms with Crippen LogP contribution in [-0.4, -0.2) is 30.4 Å². The molecule has 208 valence electrons. The second kappa shape index (κ2) is 11.7. The number of hydrogen-bond acceptors (Lipinski definition) is 4. The number of anilines is 3. The normalized spacial score (nSPS) is 13.7. The molecule has 0 spiro atoms. The molecule has 1 aliphatic rings. The number of para-hydroxylation sites is 1. The number of rotatable bonds is 6. The highest BCUT2D eigenvalue weighted by Gasteiger charge is 2.35. The summed E-state index contributed by atoms with van der Waals surface area (Å²) in [6.45, 7) is 3.77. The van der Waals surface area contributed by atoms with Crippen molar-refractivity contribution in [1.29, 1.82) is 0 Å². The first-order valence-corrected chi connectivity index (χ1v) is 12.7. The molecular weight excluding hydrogens is 524 g/mol. The Bertz CT molecular complexity index is 1490. The van der Waals surface area contributed by atoms with Crippen molar-refractivity contribution in [3.05, 3.63) is 100 Å². The molecule has 2 heterocycles. The van der Waals surface area contributed by atoms with Gasteiger partial charge < -0.3 is 15.5 Å². The van der Waals surface area contributed by atoms with Crippen molar-refractivity contribution in [3.8, 4) is 0 Å². The van der Waals surface area contributed by atoms with E-state index in [1.165, 1.54) is 0 Å². The first-order chi connectivity index (χ1) is 19.0. The highest BCUT2D eigenvalue weighted by atomic mass is 19.4. The molecule has 1 aromatic heterocycles. The Kier molecular flexibility index (Phi) is 8.37. The van der Waals surface area contributed by atoms with Gasteiger partial charge in [0, 0.05) is 36.1 Å². The van der Waals surface area contributed by atoms with E-state index >= 15 is 0 Å². The van der Waals surface area contributed by atoms with Crippen LogP contribution in [0, 0.1) is 12.7 Å². The zero-order valence-electron chi connectivity index (χ0n) is 22.2. The van der Waals surface area contributed by atoms with Crippen molar-refractivity contribution in [2.24, 2.45) is 0 Å². The van der Waals surface area contributed by atoms with Crippen LogP contribution in [0.2, 0.25) is 0 Å². The van der Waals surface area contributed by atoms with Gasteiger partial charge in [-0.05, 0) is 79.9 Å². The van der Waals surface area contributed by atoms with Crippen LogP contribution in [0.4, 0.5) is 34.6 Å². The number of benzene rings is 2. The maximum Gasteiger partial charge on any atom is 0.418 e. The molecular formula is C30H28F4N4O2. The second-order valence-electron chi connectivity index (χ2n) is 9.25. The Morgan fingerprint density at radius 1 is 1.07 bits per heavy atom. The predicted octanol–water partition coefficient (Wildman–Crippen LogP) is 7.00. The number of pyridine rings is 1. The fourth-order valence-corrected chi connectivity index (χ4v) is 4.41. The lowest BCUT2D eigenvalue weighted by Crippen LogP contribution is -2.32. The lowest BCUT2D eigenvalue weighted by Gasteiger charge is -2.23. The Labute approximate surface area is 229 Å². The van der Waals surface area contributed by atoms with E-state index in [1.807, 2.05) is 13.0 Å². The molecule has 0 unspecified atom stereocenters. The number of aromatic nitrogens is 1. The molecule has 4 rings (SSSR count). The quantitative estimate of drug-likeness (QED) is 0.255. The SMILES string of the molecule is CC/C(=C\C1=Cc2nc(C)ccc2N(C(=O)c2ccc(NC)cc2)CC1)C(=O)Nc1c(F)cccc1C(F)(F)F. The second-order valence-corrected chi connectivity index (χ2v) is 9.25. The van der Waals surface area contributed by atoms with Crippen LogP contribution in [0.25, 0.3) is 6.08 Å². The summed E-state index contributed by atoms with van der Waals surface area (Å²) in [5.41, 5.74) is 1.81. The molecule has 10 heteroatoms. The number of nitrogens with one attached hydrogen (secondary N) is 2. The molecule has 0 atom stereocenters. The van der Waals surface area contributed by atoms with E-state index in [-0.39, 0.29) is 24.4 Å². The molecule has 0 saturated heterocycles. The maximum absolute atomic E-state index is 14.3. The van der Waals surface area contributed by atoms with Crippen LogP contribution in [0.3, 0.4) is 0 Å². The van der Waals surface area contributed by atoms with Gasteiger partial charge in [0.05, 0.1) is 22.6 Å². The number of hydrogen-bond donors (Lipinski definition) is 2. The highest BCUT2D eigenvalue weighted by Crippen LogP contribution is 2.36. The number of carbonyl (C=O) groups is 2. The van der Waals surface area contributed by atoms with Gasteiger partial charge >= 0.3 is 6.18 Å². The molecule has 3 aromatic rings. The first kappa shape index (κ1) is 28.5. The van der Waals surface area contributed by atoms with Crippen molar-refractivity contribution < 1.29 is 27.2 Å². The number of aryl methyl sites for hydroxylation is 1. The molecule has 0 fully saturated rings. The number of alkyl halides is 3. The van der Waals surface area contributed by atoms with Crippen molar-refractivity contribution in [3.63, 3.8) is 0 Å². The minimum Gasteiger partial charge on any atom is -0.388 e. The van der Waals surface area contributed by atoms with Crippen LogP contribution in [-0.2, 0) is 11.0 Å². The average molecular weight is 553 g/mol. The fraction of sp³-hybridized carbons (Fsp3) is 0.233. The number of carbonyl (C=O) groups excluding carboxylic acids is 2. The summed E-state index contributed by atoms with van der Waals surface area (Å²) in [6.07, 6.45) is -1.01. The molecule has 0 aliphatic carbocycles. The van der Waals surface area contributed by atoms with Crippen LogP contribution in [0.15, 0.2) is 71.8 Å². The lowest BCUT2D eigenvalue weighted by molar-refractivity contribution is -0.137. The van der Waals surface area contributed by atoms with Crippen molar-refractivity contribution >= 4 is 35.0 Å². The predicted molar refractivity (Wildman–Crippen MR) is 148 cm³/mol. The van der Waals surface area contributed by atoms with Gasteiger partial charge in [-0.15, -0.1) is 0 Å². The maximum atomic E-state index is 14.3. The summed E-state index contributed by atoms with van der Waals surface area (Å²) in [6, 6.07) is 13.2. The first-order valence-electron chi connectivity index (χ1n) is 12.7. The monoisotopic (exact) mass is 552 g/mol. The zero-order chi connectivity index (χ0) is 29.0. The molecule has 2 N–H and O–H groups in total. The Balaban J connectivity index is 1.65. The summed E-state index contributed by atoms with van der Waals surface area (Å²) in [5, 5.41) is 5.13. The molecule has 40 heavy (non-hydrogen) atoms. The van der Waals surface area contributed by atoms with Gasteiger partial charge in [-0.2, -0.15) is 13.2 Å². The molecule has 0 radical (unpaired) electrons. The highest BCUT2D eigenvalue weighted by molar-refractivity contribution is 6.08. The Morgan fingerprint density at radius 3 is 2.45 bits per heavy atom. The smallest absolute Gasteiger partial charge is 0.388 e. The lowest BCUT2D eigenvalue weighted by atomic mass is 10.0. The van der Waals surface area contributed by atoms with Crippen molar-refractivity contribution in [2.75, 3.05) is 29.1 Å². The Hall–Kier alpha value is -4.47. The summed E-state index contributed by atoms with van der Waals surface area (Å²) < 4.78 is 54.6. The minimum absolute atomic E-state index is 0.152. The summed E-state index contributed by atoms with van der Waals surface area (Å²) in [7, 11) is 1.78. The number of allylic oxidation sites excluding steroid dienone is 1. The minimum atomic E-state index is -4.85. The van der Waals surface area contributed by atoms with Crippen LogP contribution in [0.5, 0.6) is 0 Å². The molecule has 2 amide bonds. The number of fused-ring (bicyclic) bond motifs is 1. The standard InChI is InChI=1S/C30H28F4N4O2/c1-4-20(28(39)37-27-23(30(32,33)34)6-5-7-24(27)31)16-19-14-15-38(26-13-8-18(2)36-25(26)17-19)29(40)21-9-11-22(35-3)12-10-21/h5-13,16-17,35H,4,14-15H2,1-3H3,(H,37,39)/b20-16+. The molecule has 0 saturated carbocycles. The molecule has 0 bridgehead atoms. The molecule has 6 nitrogen and oxygen atoms in total. The average Bonchev–Trinajstić information content (AvgIpc) is 3.10. The van der Waals surface area contributed by atoms with Crippen molar-refractivity contribution in [1.82, 2.24) is 4.98 Å². The van der Waals surface area contributed by atoms with E-state index in [0.29, 0.717) is 35.0 Å². The van der Waals surface area contributed by atoms with Crippen LogP contribution in [0.1, 0.15) is 47.1 Å². The zero-order valence-corrected chi connectivity index (χ0v) is 22.2. The van der Waals surface area contributed by atoms with E-state index in [2.05, 4.69) is 15.6 Å². The number of amides is 2. The van der Waals surface area contributed by atoms with Gasteiger partial charge in [-0.1, -0.05) is 19.1 Å². The fourth-order valence-electron chi connectivity index (χ4n) is 4.41. The van der Waals surface area contributed by atoms with Crippen LogP contribution < -0.4 is 15.5 Å². The van der Waals surface area contributed by atoms with Gasteiger partial charge in [-0.25, -0.2) is 4.39 Å². The van der Waals surface area contributed by atoms with E-state index < -0.39 is 29.2 Å². The van der Waals surface area contributed by atoms with Crippen molar-refractivity contribution in [2.45, 2.75) is 32.9 Å². The van der Waals surface area contributed by atoms with Gasteiger partial charge in [0.1, 0.15) is 5.82 Å². The van der Waals surface area contributed by atoms with E-state index in [1.54, 1.807) is 61.4 Å². The van der Waals surface area contributed by atoms with Gasteiger partial charge in [0.25, 0.3) is 11.8 Å². The topological polar surface area (TPSA) is 74.3 Å².